The van der Waals surface area contributed by atoms with Crippen LogP contribution in [0.5, 0.6) is 0 Å². The Morgan fingerprint density at radius 2 is 2.00 bits per heavy atom. The van der Waals surface area contributed by atoms with Gasteiger partial charge in [0.25, 0.3) is 0 Å². The van der Waals surface area contributed by atoms with Crippen LogP contribution in [-0.4, -0.2) is 56.0 Å². The van der Waals surface area contributed by atoms with Gasteiger partial charge in [-0.3, -0.25) is 0 Å². The average molecular weight is 351 g/mol. The number of rotatable bonds is 5. The molecule has 1 saturated heterocycles. The number of anilines is 1. The fraction of sp³-hybridized carbons (Fsp3) is 0.643. The molecular weight excluding hydrogens is 331 g/mol. The molecule has 0 radical (unpaired) electrons. The van der Waals surface area contributed by atoms with Crippen molar-refractivity contribution >= 4 is 15.7 Å². The zero-order valence-electron chi connectivity index (χ0n) is 12.8. The summed E-state index contributed by atoms with van der Waals surface area (Å²) in [6.07, 6.45) is -0.609. The minimum Gasteiger partial charge on any atom is -0.367 e. The molecule has 9 heteroatoms. The molecule has 1 aliphatic rings. The number of aromatic nitrogens is 1. The predicted molar refractivity (Wildman–Crippen MR) is 82.0 cm³/mol. The highest BCUT2D eigenvalue weighted by atomic mass is 32.2. The Bertz CT molecular complexity index is 626. The van der Waals surface area contributed by atoms with Crippen molar-refractivity contribution in [1.29, 1.82) is 0 Å². The van der Waals surface area contributed by atoms with Gasteiger partial charge < -0.3 is 10.2 Å². The van der Waals surface area contributed by atoms with Gasteiger partial charge >= 0.3 is 6.18 Å². The molecule has 2 heterocycles. The molecule has 1 fully saturated rings. The summed E-state index contributed by atoms with van der Waals surface area (Å²) in [6, 6.07) is 2.18. The smallest absolute Gasteiger partial charge is 0.367 e. The molecule has 1 aromatic heterocycles. The highest BCUT2D eigenvalue weighted by Crippen LogP contribution is 2.34. The van der Waals surface area contributed by atoms with E-state index < -0.39 is 21.6 Å². The molecule has 0 aliphatic carbocycles. The number of pyridine rings is 1. The van der Waals surface area contributed by atoms with Crippen LogP contribution in [0.2, 0.25) is 0 Å². The SMILES string of the molecule is CS(=O)(=O)CCN1CCC(Nc2ncccc2C(F)(F)F)CC1. The number of hydrogen-bond acceptors (Lipinski definition) is 5. The topological polar surface area (TPSA) is 62.3 Å². The molecule has 2 rings (SSSR count). The van der Waals surface area contributed by atoms with Crippen molar-refractivity contribution in [2.45, 2.75) is 25.1 Å². The van der Waals surface area contributed by atoms with Gasteiger partial charge in [0, 0.05) is 38.1 Å². The summed E-state index contributed by atoms with van der Waals surface area (Å²) >= 11 is 0. The molecule has 5 nitrogen and oxygen atoms in total. The first-order valence-electron chi connectivity index (χ1n) is 7.34. The molecule has 1 N–H and O–H groups in total. The number of sulfone groups is 1. The second kappa shape index (κ2) is 7.04. The number of alkyl halides is 3. The zero-order chi connectivity index (χ0) is 17.1. The van der Waals surface area contributed by atoms with Gasteiger partial charge in [-0.2, -0.15) is 13.2 Å². The van der Waals surface area contributed by atoms with E-state index in [-0.39, 0.29) is 17.6 Å². The van der Waals surface area contributed by atoms with Gasteiger partial charge in [-0.05, 0) is 25.0 Å². The van der Waals surface area contributed by atoms with Crippen LogP contribution in [0.15, 0.2) is 18.3 Å². The van der Waals surface area contributed by atoms with Crippen molar-refractivity contribution in [2.24, 2.45) is 0 Å². The van der Waals surface area contributed by atoms with Crippen molar-refractivity contribution in [3.05, 3.63) is 23.9 Å². The molecule has 0 aromatic carbocycles. The summed E-state index contributed by atoms with van der Waals surface area (Å²) in [5.74, 6) is -0.0431. The van der Waals surface area contributed by atoms with E-state index in [9.17, 15) is 21.6 Å². The average Bonchev–Trinajstić information content (AvgIpc) is 2.45. The Morgan fingerprint density at radius 3 is 2.57 bits per heavy atom. The van der Waals surface area contributed by atoms with Gasteiger partial charge in [0.15, 0.2) is 0 Å². The van der Waals surface area contributed by atoms with Crippen LogP contribution in [0, 0.1) is 0 Å². The van der Waals surface area contributed by atoms with Gasteiger partial charge in [-0.25, -0.2) is 13.4 Å². The lowest BCUT2D eigenvalue weighted by Gasteiger charge is -2.32. The maximum Gasteiger partial charge on any atom is 0.419 e. The summed E-state index contributed by atoms with van der Waals surface area (Å²) in [4.78, 5) is 5.82. The molecule has 0 saturated carbocycles. The first kappa shape index (κ1) is 18.0. The van der Waals surface area contributed by atoms with Crippen LogP contribution < -0.4 is 5.32 Å². The van der Waals surface area contributed by atoms with Crippen LogP contribution in [0.3, 0.4) is 0 Å². The molecule has 1 aromatic rings. The number of likely N-dealkylation sites (tertiary alicyclic amines) is 1. The van der Waals surface area contributed by atoms with Crippen molar-refractivity contribution in [2.75, 3.05) is 37.0 Å². The molecule has 0 unspecified atom stereocenters. The molecule has 23 heavy (non-hydrogen) atoms. The summed E-state index contributed by atoms with van der Waals surface area (Å²) in [7, 11) is -3.00. The maximum absolute atomic E-state index is 12.9. The number of hydrogen-bond donors (Lipinski definition) is 1. The fourth-order valence-corrected chi connectivity index (χ4v) is 3.13. The lowest BCUT2D eigenvalue weighted by Crippen LogP contribution is -2.41. The maximum atomic E-state index is 12.9. The Morgan fingerprint density at radius 1 is 1.35 bits per heavy atom. The third kappa shape index (κ3) is 5.65. The van der Waals surface area contributed by atoms with Gasteiger partial charge in [-0.1, -0.05) is 0 Å². The van der Waals surface area contributed by atoms with Crippen LogP contribution >= 0.6 is 0 Å². The standard InChI is InChI=1S/C14H20F3N3O2S/c1-23(21,22)10-9-20-7-4-11(5-8-20)19-13-12(14(15,16)17)3-2-6-18-13/h2-3,6,11H,4-5,7-10H2,1H3,(H,18,19). The first-order valence-corrected chi connectivity index (χ1v) is 9.40. The summed E-state index contributed by atoms with van der Waals surface area (Å²) in [5, 5.41) is 2.87. The van der Waals surface area contributed by atoms with Crippen molar-refractivity contribution < 1.29 is 21.6 Å². The van der Waals surface area contributed by atoms with E-state index in [1.807, 2.05) is 4.90 Å². The number of nitrogens with zero attached hydrogens (tertiary/aromatic N) is 2. The second-order valence-corrected chi connectivity index (χ2v) is 8.05. The first-order chi connectivity index (χ1) is 10.6. The number of nitrogens with one attached hydrogen (secondary N) is 1. The second-order valence-electron chi connectivity index (χ2n) is 5.79. The van der Waals surface area contributed by atoms with E-state index in [0.29, 0.717) is 32.5 Å². The van der Waals surface area contributed by atoms with Crippen LogP contribution in [0.25, 0.3) is 0 Å². The van der Waals surface area contributed by atoms with Gasteiger partial charge in [0.2, 0.25) is 0 Å². The Hall–Kier alpha value is -1.35. The summed E-state index contributed by atoms with van der Waals surface area (Å²) in [5.41, 5.74) is -0.764. The highest BCUT2D eigenvalue weighted by Gasteiger charge is 2.34. The fourth-order valence-electron chi connectivity index (χ4n) is 2.54. The quantitative estimate of drug-likeness (QED) is 0.879. The highest BCUT2D eigenvalue weighted by molar-refractivity contribution is 7.90. The van der Waals surface area contributed by atoms with Crippen molar-refractivity contribution in [3.63, 3.8) is 0 Å². The molecule has 1 aliphatic heterocycles. The number of piperidine rings is 1. The van der Waals surface area contributed by atoms with Gasteiger partial charge in [-0.15, -0.1) is 0 Å². The third-order valence-corrected chi connectivity index (χ3v) is 4.74. The van der Waals surface area contributed by atoms with Crippen LogP contribution in [0.1, 0.15) is 18.4 Å². The van der Waals surface area contributed by atoms with E-state index >= 15 is 0 Å². The minimum absolute atomic E-state index is 0.0968. The minimum atomic E-state index is -4.44. The lowest BCUT2D eigenvalue weighted by atomic mass is 10.0. The Labute approximate surface area is 133 Å². The van der Waals surface area contributed by atoms with E-state index in [1.165, 1.54) is 18.5 Å². The van der Waals surface area contributed by atoms with E-state index in [2.05, 4.69) is 10.3 Å². The Kier molecular flexibility index (Phi) is 5.51. The number of halogens is 3. The van der Waals surface area contributed by atoms with E-state index in [0.717, 1.165) is 6.07 Å². The van der Waals surface area contributed by atoms with Gasteiger partial charge in [0.05, 0.1) is 11.3 Å². The molecule has 0 amide bonds. The van der Waals surface area contributed by atoms with Crippen LogP contribution in [-0.2, 0) is 16.0 Å². The third-order valence-electron chi connectivity index (χ3n) is 3.82. The summed E-state index contributed by atoms with van der Waals surface area (Å²) < 4.78 is 61.1. The van der Waals surface area contributed by atoms with Crippen LogP contribution in [0.4, 0.5) is 19.0 Å². The van der Waals surface area contributed by atoms with Crippen molar-refractivity contribution in [1.82, 2.24) is 9.88 Å². The molecule has 130 valence electrons. The lowest BCUT2D eigenvalue weighted by molar-refractivity contribution is -0.137. The van der Waals surface area contributed by atoms with E-state index in [1.54, 1.807) is 0 Å². The largest absolute Gasteiger partial charge is 0.419 e. The van der Waals surface area contributed by atoms with Gasteiger partial charge in [0.1, 0.15) is 15.7 Å². The molecule has 0 spiro atoms. The Balaban J connectivity index is 1.90. The monoisotopic (exact) mass is 351 g/mol. The molecule has 0 atom stereocenters. The van der Waals surface area contributed by atoms with E-state index in [4.69, 9.17) is 0 Å². The predicted octanol–water partition coefficient (Wildman–Crippen LogP) is 2.02. The zero-order valence-corrected chi connectivity index (χ0v) is 13.6. The van der Waals surface area contributed by atoms with Crippen molar-refractivity contribution in [3.8, 4) is 0 Å². The molecular formula is C14H20F3N3O2S. The molecule has 0 bridgehead atoms. The normalized spacial score (nSPS) is 18.1. The summed E-state index contributed by atoms with van der Waals surface area (Å²) in [6.45, 7) is 1.77.